The van der Waals surface area contributed by atoms with E-state index in [0.29, 0.717) is 0 Å². The summed E-state index contributed by atoms with van der Waals surface area (Å²) in [7, 11) is 0. The molecule has 0 amide bonds. The van der Waals surface area contributed by atoms with Crippen molar-refractivity contribution in [2.45, 2.75) is 18.1 Å². The molecule has 0 heterocycles. The summed E-state index contributed by atoms with van der Waals surface area (Å²) >= 11 is 7.45. The molecule has 0 aromatic heterocycles. The van der Waals surface area contributed by atoms with E-state index in [9.17, 15) is 14.4 Å². The van der Waals surface area contributed by atoms with Crippen LogP contribution >= 0.6 is 25.3 Å². The predicted molar refractivity (Wildman–Crippen MR) is 69.1 cm³/mol. The molecule has 1 aliphatic rings. The zero-order chi connectivity index (χ0) is 14.5. The number of aliphatic hydroxyl groups is 1. The highest BCUT2D eigenvalue weighted by Gasteiger charge is 2.68. The number of aliphatic hydroxyl groups excluding tert-OH is 1. The average Bonchev–Trinajstić information content (AvgIpc) is 3.09. The Balaban J connectivity index is 2.69. The summed E-state index contributed by atoms with van der Waals surface area (Å²) in [5.74, 6) is -2.59. The molecule has 0 bridgehead atoms. The zero-order valence-electron chi connectivity index (χ0n) is 9.90. The van der Waals surface area contributed by atoms with E-state index >= 15 is 0 Å². The molecule has 0 aliphatic heterocycles. The Morgan fingerprint density at radius 1 is 1.21 bits per heavy atom. The van der Waals surface area contributed by atoms with Gasteiger partial charge in [0.2, 0.25) is 5.60 Å². The number of hydrogen-bond donors (Lipinski definition) is 3. The highest BCUT2D eigenvalue weighted by atomic mass is 32.1. The lowest BCUT2D eigenvalue weighted by Gasteiger charge is -2.16. The van der Waals surface area contributed by atoms with Gasteiger partial charge in [-0.1, -0.05) is 0 Å². The quantitative estimate of drug-likeness (QED) is 0.314. The minimum Gasteiger partial charge on any atom is -0.460 e. The van der Waals surface area contributed by atoms with Crippen LogP contribution in [0.15, 0.2) is 0 Å². The van der Waals surface area contributed by atoms with Gasteiger partial charge in [0, 0.05) is 6.42 Å². The summed E-state index contributed by atoms with van der Waals surface area (Å²) in [6, 6.07) is 0. The first-order chi connectivity index (χ1) is 9.00. The molecule has 1 saturated carbocycles. The fourth-order valence-corrected chi connectivity index (χ4v) is 1.55. The van der Waals surface area contributed by atoms with E-state index in [-0.39, 0.29) is 31.1 Å². The lowest BCUT2D eigenvalue weighted by atomic mass is 10.3. The van der Waals surface area contributed by atoms with Crippen LogP contribution in [0.1, 0.15) is 6.42 Å². The van der Waals surface area contributed by atoms with Crippen LogP contribution in [-0.4, -0.2) is 59.4 Å². The maximum Gasteiger partial charge on any atom is 0.354 e. The van der Waals surface area contributed by atoms with Gasteiger partial charge in [0.1, 0.15) is 6.61 Å². The summed E-state index contributed by atoms with van der Waals surface area (Å²) in [6.07, 6.45) is -0.863. The summed E-state index contributed by atoms with van der Waals surface area (Å²) in [5, 5.41) is 8.59. The minimum absolute atomic E-state index is 0.0241. The maximum absolute atomic E-state index is 11.8. The van der Waals surface area contributed by atoms with E-state index < -0.39 is 29.6 Å². The van der Waals surface area contributed by atoms with Crippen LogP contribution in [0.3, 0.4) is 0 Å². The lowest BCUT2D eigenvalue weighted by molar-refractivity contribution is -0.175. The number of hydrogen-bond acceptors (Lipinski definition) is 9. The second-order valence-corrected chi connectivity index (χ2v) is 4.35. The Hall–Kier alpha value is -0.930. The fraction of sp³-hybridized carbons (Fsp3) is 0.700. The van der Waals surface area contributed by atoms with Gasteiger partial charge in [0.15, 0.2) is 6.10 Å². The predicted octanol–water partition coefficient (Wildman–Crippen LogP) is -1.02. The number of carbonyl (C=O) groups excluding carboxylic acids is 3. The van der Waals surface area contributed by atoms with Crippen molar-refractivity contribution in [2.24, 2.45) is 0 Å². The third-order valence-electron chi connectivity index (χ3n) is 2.35. The molecule has 0 saturated heterocycles. The van der Waals surface area contributed by atoms with E-state index in [2.05, 4.69) is 25.3 Å². The van der Waals surface area contributed by atoms with E-state index in [1.807, 2.05) is 0 Å². The van der Waals surface area contributed by atoms with Crippen molar-refractivity contribution in [3.05, 3.63) is 0 Å². The zero-order valence-corrected chi connectivity index (χ0v) is 11.7. The SMILES string of the molecule is O=C(CS)OC1CC1(OC(=O)CS)C(=O)OCCO. The number of esters is 3. The molecular weight excluding hydrogens is 296 g/mol. The Labute approximate surface area is 120 Å². The van der Waals surface area contributed by atoms with Crippen molar-refractivity contribution >= 4 is 43.2 Å². The van der Waals surface area contributed by atoms with Gasteiger partial charge in [0.05, 0.1) is 18.1 Å². The maximum atomic E-state index is 11.8. The monoisotopic (exact) mass is 310 g/mol. The van der Waals surface area contributed by atoms with Crippen LogP contribution in [0.2, 0.25) is 0 Å². The van der Waals surface area contributed by atoms with Gasteiger partial charge < -0.3 is 19.3 Å². The number of thiol groups is 2. The normalized spacial score (nSPS) is 24.5. The summed E-state index contributed by atoms with van der Waals surface area (Å²) < 4.78 is 14.5. The van der Waals surface area contributed by atoms with Crippen molar-refractivity contribution in [3.63, 3.8) is 0 Å². The number of rotatable bonds is 7. The van der Waals surface area contributed by atoms with Crippen molar-refractivity contribution in [1.29, 1.82) is 0 Å². The van der Waals surface area contributed by atoms with Crippen LogP contribution < -0.4 is 0 Å². The summed E-state index contributed by atoms with van der Waals surface area (Å²) in [4.78, 5) is 34.1. The third kappa shape index (κ3) is 4.02. The minimum atomic E-state index is -1.62. The van der Waals surface area contributed by atoms with Crippen molar-refractivity contribution in [2.75, 3.05) is 24.7 Å². The largest absolute Gasteiger partial charge is 0.460 e. The molecule has 9 heteroatoms. The van der Waals surface area contributed by atoms with Crippen LogP contribution in [0.4, 0.5) is 0 Å². The molecule has 0 spiro atoms. The van der Waals surface area contributed by atoms with Crippen LogP contribution in [0.5, 0.6) is 0 Å². The molecule has 0 aromatic rings. The van der Waals surface area contributed by atoms with Crippen LogP contribution in [0, 0.1) is 0 Å². The Morgan fingerprint density at radius 2 is 1.84 bits per heavy atom. The Bertz CT molecular complexity index is 373. The second-order valence-electron chi connectivity index (χ2n) is 3.72. The topological polar surface area (TPSA) is 99.1 Å². The first-order valence-electron chi connectivity index (χ1n) is 5.41. The first kappa shape index (κ1) is 16.1. The van der Waals surface area contributed by atoms with Crippen molar-refractivity contribution in [1.82, 2.24) is 0 Å². The highest BCUT2D eigenvalue weighted by molar-refractivity contribution is 7.81. The average molecular weight is 310 g/mol. The fourth-order valence-electron chi connectivity index (χ4n) is 1.41. The first-order valence-corrected chi connectivity index (χ1v) is 6.67. The van der Waals surface area contributed by atoms with Gasteiger partial charge in [-0.15, -0.1) is 0 Å². The second kappa shape index (κ2) is 7.01. The summed E-state index contributed by atoms with van der Waals surface area (Å²) in [5.41, 5.74) is -1.62. The van der Waals surface area contributed by atoms with Gasteiger partial charge in [-0.25, -0.2) is 4.79 Å². The number of carbonyl (C=O) groups is 3. The summed E-state index contributed by atoms with van der Waals surface area (Å²) in [6.45, 7) is -0.588. The highest BCUT2D eigenvalue weighted by Crippen LogP contribution is 2.44. The molecular formula is C10H14O7S2. The van der Waals surface area contributed by atoms with Crippen molar-refractivity contribution in [3.8, 4) is 0 Å². The Morgan fingerprint density at radius 3 is 2.37 bits per heavy atom. The van der Waals surface area contributed by atoms with E-state index in [0.717, 1.165) is 0 Å². The molecule has 1 aliphatic carbocycles. The Kier molecular flexibility index (Phi) is 5.95. The molecule has 2 atom stereocenters. The van der Waals surface area contributed by atoms with Gasteiger partial charge in [-0.05, 0) is 0 Å². The van der Waals surface area contributed by atoms with Crippen LogP contribution in [-0.2, 0) is 28.6 Å². The van der Waals surface area contributed by atoms with Crippen LogP contribution in [0.25, 0.3) is 0 Å². The van der Waals surface area contributed by atoms with Gasteiger partial charge in [-0.2, -0.15) is 25.3 Å². The molecule has 0 aromatic carbocycles. The smallest absolute Gasteiger partial charge is 0.354 e. The van der Waals surface area contributed by atoms with E-state index in [4.69, 9.17) is 19.3 Å². The van der Waals surface area contributed by atoms with Crippen molar-refractivity contribution < 1.29 is 33.7 Å². The third-order valence-corrected chi connectivity index (χ3v) is 2.86. The van der Waals surface area contributed by atoms with E-state index in [1.54, 1.807) is 0 Å². The molecule has 1 fully saturated rings. The molecule has 1 rings (SSSR count). The molecule has 0 radical (unpaired) electrons. The molecule has 19 heavy (non-hydrogen) atoms. The standard InChI is InChI=1S/C10H14O7S2/c11-1-2-15-9(14)10(17-8(13)5-19)3-6(10)16-7(12)4-18/h6,11,18-19H,1-5H2. The number of ether oxygens (including phenoxy) is 3. The lowest BCUT2D eigenvalue weighted by Crippen LogP contribution is -2.37. The molecule has 108 valence electrons. The van der Waals surface area contributed by atoms with E-state index in [1.165, 1.54) is 0 Å². The van der Waals surface area contributed by atoms with Gasteiger partial charge in [-0.3, -0.25) is 9.59 Å². The van der Waals surface area contributed by atoms with Gasteiger partial charge in [0.25, 0.3) is 0 Å². The molecule has 1 N–H and O–H groups in total. The molecule has 7 nitrogen and oxygen atoms in total. The van der Waals surface area contributed by atoms with Gasteiger partial charge >= 0.3 is 17.9 Å². The molecule has 2 unspecified atom stereocenters.